The zero-order valence-corrected chi connectivity index (χ0v) is 6.17. The Bertz CT molecular complexity index is 219. The highest BCUT2D eigenvalue weighted by Gasteiger charge is 1.87. The van der Waals surface area contributed by atoms with Gasteiger partial charge in [-0.1, -0.05) is 18.2 Å². The van der Waals surface area contributed by atoms with Crippen molar-refractivity contribution in [3.63, 3.8) is 0 Å². The highest BCUT2D eigenvalue weighted by Crippen LogP contribution is 2.02. The summed E-state index contributed by atoms with van der Waals surface area (Å²) in [6.07, 6.45) is 0. The van der Waals surface area contributed by atoms with E-state index in [1.807, 2.05) is 30.3 Å². The molecule has 1 aromatic carbocycles. The van der Waals surface area contributed by atoms with Crippen molar-refractivity contribution in [1.82, 2.24) is 6.15 Å². The molecule has 0 atom stereocenters. The van der Waals surface area contributed by atoms with Crippen molar-refractivity contribution in [1.29, 1.82) is 5.41 Å². The third kappa shape index (κ3) is 3.22. The molecule has 0 aromatic heterocycles. The Labute approximate surface area is 65.5 Å². The van der Waals surface area contributed by atoms with Crippen LogP contribution in [0.15, 0.2) is 30.3 Å². The maximum absolute atomic E-state index is 6.90. The fourth-order valence-electron chi connectivity index (χ4n) is 0.677. The molecule has 0 amide bonds. The van der Waals surface area contributed by atoms with Gasteiger partial charge >= 0.3 is 0 Å². The normalized spacial score (nSPS) is 8.00. The van der Waals surface area contributed by atoms with E-state index in [1.165, 1.54) is 0 Å². The maximum Gasteiger partial charge on any atom is 0.190 e. The molecule has 60 valence electrons. The van der Waals surface area contributed by atoms with Crippen molar-refractivity contribution in [2.75, 3.05) is 5.32 Å². The van der Waals surface area contributed by atoms with E-state index in [-0.39, 0.29) is 12.1 Å². The lowest BCUT2D eigenvalue weighted by molar-refractivity contribution is 1.41. The van der Waals surface area contributed by atoms with Gasteiger partial charge in [0.1, 0.15) is 0 Å². The first-order chi connectivity index (χ1) is 4.79. The molecule has 0 radical (unpaired) electrons. The summed E-state index contributed by atoms with van der Waals surface area (Å²) in [7, 11) is 0. The Balaban J connectivity index is 0.000001000. The molecule has 0 spiro atoms. The van der Waals surface area contributed by atoms with Gasteiger partial charge in [-0.05, 0) is 12.1 Å². The summed E-state index contributed by atoms with van der Waals surface area (Å²) in [4.78, 5) is 0. The van der Waals surface area contributed by atoms with Crippen LogP contribution in [0.1, 0.15) is 0 Å². The Morgan fingerprint density at radius 2 is 1.82 bits per heavy atom. The predicted octanol–water partition coefficient (Wildman–Crippen LogP) is 1.15. The van der Waals surface area contributed by atoms with Crippen molar-refractivity contribution >= 4 is 11.6 Å². The Kier molecular flexibility index (Phi) is 3.69. The Hall–Kier alpha value is -1.55. The molecule has 0 aliphatic heterocycles. The summed E-state index contributed by atoms with van der Waals surface area (Å²) in [5.41, 5.74) is 5.94. The number of hydrogen-bond donors (Lipinski definition) is 4. The molecule has 0 aliphatic rings. The van der Waals surface area contributed by atoms with Crippen LogP contribution in [0.3, 0.4) is 0 Å². The lowest BCUT2D eigenvalue weighted by Gasteiger charge is -2.00. The first kappa shape index (κ1) is 9.45. The van der Waals surface area contributed by atoms with Gasteiger partial charge in [0, 0.05) is 5.69 Å². The summed E-state index contributed by atoms with van der Waals surface area (Å²) in [6.45, 7) is 0. The summed E-state index contributed by atoms with van der Waals surface area (Å²) < 4.78 is 0. The predicted molar refractivity (Wildman–Crippen MR) is 47.0 cm³/mol. The third-order valence-electron chi connectivity index (χ3n) is 1.05. The van der Waals surface area contributed by atoms with Crippen molar-refractivity contribution in [2.45, 2.75) is 0 Å². The van der Waals surface area contributed by atoms with E-state index in [9.17, 15) is 0 Å². The van der Waals surface area contributed by atoms with Crippen LogP contribution in [0.4, 0.5) is 5.69 Å². The number of rotatable bonds is 1. The second-order valence-electron chi connectivity index (χ2n) is 1.90. The number of nitrogens with two attached hydrogens (primary N) is 1. The van der Waals surface area contributed by atoms with Gasteiger partial charge in [0.05, 0.1) is 0 Å². The lowest BCUT2D eigenvalue weighted by Crippen LogP contribution is -2.20. The van der Waals surface area contributed by atoms with E-state index >= 15 is 0 Å². The minimum atomic E-state index is -0.0359. The van der Waals surface area contributed by atoms with Gasteiger partial charge in [0.25, 0.3) is 0 Å². The maximum atomic E-state index is 6.90. The molecule has 1 aromatic rings. The van der Waals surface area contributed by atoms with Crippen molar-refractivity contribution < 1.29 is 0 Å². The fraction of sp³-hybridized carbons (Fsp3) is 0. The summed E-state index contributed by atoms with van der Waals surface area (Å²) in [5, 5.41) is 9.56. The number of hydrogen-bond acceptors (Lipinski definition) is 2. The van der Waals surface area contributed by atoms with E-state index < -0.39 is 0 Å². The van der Waals surface area contributed by atoms with E-state index in [2.05, 4.69) is 5.32 Å². The first-order valence-electron chi connectivity index (χ1n) is 2.95. The number of anilines is 1. The molecule has 7 N–H and O–H groups in total. The van der Waals surface area contributed by atoms with Crippen LogP contribution in [0.25, 0.3) is 0 Å². The van der Waals surface area contributed by atoms with Gasteiger partial charge in [-0.25, -0.2) is 0 Å². The lowest BCUT2D eigenvalue weighted by atomic mass is 10.3. The Morgan fingerprint density at radius 3 is 2.27 bits per heavy atom. The van der Waals surface area contributed by atoms with Gasteiger partial charge in [0.2, 0.25) is 0 Å². The van der Waals surface area contributed by atoms with Crippen LogP contribution in [0.2, 0.25) is 0 Å². The minimum absolute atomic E-state index is 0. The van der Waals surface area contributed by atoms with Gasteiger partial charge in [-0.15, -0.1) is 0 Å². The first-order valence-corrected chi connectivity index (χ1v) is 2.95. The zero-order chi connectivity index (χ0) is 7.40. The SMILES string of the molecule is N.N=C(N)Nc1ccccc1. The second kappa shape index (κ2) is 4.29. The smallest absolute Gasteiger partial charge is 0.190 e. The van der Waals surface area contributed by atoms with E-state index in [0.29, 0.717) is 0 Å². The van der Waals surface area contributed by atoms with Crippen LogP contribution in [0.5, 0.6) is 0 Å². The molecule has 0 heterocycles. The quantitative estimate of drug-likeness (QED) is 0.359. The van der Waals surface area contributed by atoms with Gasteiger partial charge in [-0.3, -0.25) is 5.41 Å². The molecular formula is C7H12N4. The van der Waals surface area contributed by atoms with Crippen LogP contribution in [0, 0.1) is 5.41 Å². The second-order valence-corrected chi connectivity index (χ2v) is 1.90. The third-order valence-corrected chi connectivity index (χ3v) is 1.05. The average molecular weight is 152 g/mol. The Morgan fingerprint density at radius 1 is 1.27 bits per heavy atom. The van der Waals surface area contributed by atoms with Crippen molar-refractivity contribution in [3.8, 4) is 0 Å². The standard InChI is InChI=1S/C7H9N3.H3N/c8-7(9)10-6-4-2-1-3-5-6;/h1-5H,(H4,8,9,10);1H3. The number of nitrogens with one attached hydrogen (secondary N) is 2. The molecule has 0 aliphatic carbocycles. The van der Waals surface area contributed by atoms with Gasteiger partial charge in [-0.2, -0.15) is 0 Å². The molecular weight excluding hydrogens is 140 g/mol. The highest BCUT2D eigenvalue weighted by atomic mass is 15.0. The molecule has 0 fully saturated rings. The van der Waals surface area contributed by atoms with Crippen molar-refractivity contribution in [2.24, 2.45) is 5.73 Å². The number of guanidine groups is 1. The number of benzene rings is 1. The average Bonchev–Trinajstić information content (AvgIpc) is 1.88. The van der Waals surface area contributed by atoms with E-state index in [1.54, 1.807) is 0 Å². The van der Waals surface area contributed by atoms with Crippen LogP contribution in [-0.4, -0.2) is 5.96 Å². The largest absolute Gasteiger partial charge is 0.370 e. The van der Waals surface area contributed by atoms with Crippen LogP contribution >= 0.6 is 0 Å². The molecule has 4 heteroatoms. The monoisotopic (exact) mass is 152 g/mol. The van der Waals surface area contributed by atoms with Crippen LogP contribution < -0.4 is 17.2 Å². The topological polar surface area (TPSA) is 96.9 Å². The summed E-state index contributed by atoms with van der Waals surface area (Å²) in [5.74, 6) is -0.0359. The fourth-order valence-corrected chi connectivity index (χ4v) is 0.677. The summed E-state index contributed by atoms with van der Waals surface area (Å²) >= 11 is 0. The van der Waals surface area contributed by atoms with Gasteiger partial charge < -0.3 is 17.2 Å². The molecule has 0 saturated heterocycles. The minimum Gasteiger partial charge on any atom is -0.370 e. The van der Waals surface area contributed by atoms with E-state index in [0.717, 1.165) is 5.69 Å². The van der Waals surface area contributed by atoms with Crippen molar-refractivity contribution in [3.05, 3.63) is 30.3 Å². The molecule has 0 saturated carbocycles. The molecule has 0 unspecified atom stereocenters. The number of para-hydroxylation sites is 1. The van der Waals surface area contributed by atoms with E-state index in [4.69, 9.17) is 11.1 Å². The molecule has 1 rings (SSSR count). The molecule has 11 heavy (non-hydrogen) atoms. The molecule has 0 bridgehead atoms. The highest BCUT2D eigenvalue weighted by molar-refractivity contribution is 5.89. The summed E-state index contributed by atoms with van der Waals surface area (Å²) in [6, 6.07) is 9.37. The zero-order valence-electron chi connectivity index (χ0n) is 6.17. The molecule has 4 nitrogen and oxygen atoms in total. The van der Waals surface area contributed by atoms with Gasteiger partial charge in [0.15, 0.2) is 5.96 Å². The van der Waals surface area contributed by atoms with Crippen LogP contribution in [-0.2, 0) is 0 Å².